The van der Waals surface area contributed by atoms with Crippen molar-refractivity contribution in [3.63, 3.8) is 0 Å². The molecule has 0 fully saturated rings. The molecule has 1 N–H and O–H groups in total. The monoisotopic (exact) mass is 231 g/mol. The number of hydrogen-bond acceptors (Lipinski definition) is 2. The van der Waals surface area contributed by atoms with Gasteiger partial charge in [0, 0.05) is 0 Å². The summed E-state index contributed by atoms with van der Waals surface area (Å²) >= 11 is 0. The van der Waals surface area contributed by atoms with Crippen molar-refractivity contribution in [2.75, 3.05) is 0 Å². The Labute approximate surface area is 101 Å². The molecule has 0 bridgehead atoms. The van der Waals surface area contributed by atoms with E-state index in [0.717, 1.165) is 11.1 Å². The van der Waals surface area contributed by atoms with Crippen LogP contribution < -0.4 is 5.32 Å². The van der Waals surface area contributed by atoms with Gasteiger partial charge in [-0.15, -0.1) is 0 Å². The summed E-state index contributed by atoms with van der Waals surface area (Å²) in [5.41, 5.74) is 3.06. The van der Waals surface area contributed by atoms with Gasteiger partial charge in [-0.25, -0.2) is 0 Å². The van der Waals surface area contributed by atoms with Crippen molar-refractivity contribution in [2.24, 2.45) is 0 Å². The third-order valence-corrected chi connectivity index (χ3v) is 3.20. The Morgan fingerprint density at radius 3 is 1.47 bits per heavy atom. The van der Waals surface area contributed by atoms with Gasteiger partial charge in [-0.3, -0.25) is 14.9 Å². The molecule has 3 nitrogen and oxygen atoms in total. The predicted octanol–water partition coefficient (Wildman–Crippen LogP) is 2.82. The van der Waals surface area contributed by atoms with Gasteiger partial charge in [-0.1, -0.05) is 39.8 Å². The molecule has 0 atom stereocenters. The van der Waals surface area contributed by atoms with Crippen molar-refractivity contribution in [1.82, 2.24) is 5.32 Å². The minimum absolute atomic E-state index is 0.238. The van der Waals surface area contributed by atoms with E-state index in [0.29, 0.717) is 11.1 Å². The molecule has 1 aromatic rings. The second kappa shape index (κ2) is 3.99. The summed E-state index contributed by atoms with van der Waals surface area (Å²) in [5, 5.41) is 2.39. The quantitative estimate of drug-likeness (QED) is 0.795. The molecule has 0 radical (unpaired) electrons. The van der Waals surface area contributed by atoms with Crippen molar-refractivity contribution < 1.29 is 9.59 Å². The normalized spacial score (nSPS) is 14.5. The van der Waals surface area contributed by atoms with Crippen LogP contribution in [0.15, 0.2) is 12.1 Å². The van der Waals surface area contributed by atoms with Crippen molar-refractivity contribution in [3.8, 4) is 0 Å². The van der Waals surface area contributed by atoms with E-state index in [1.165, 1.54) is 0 Å². The molecule has 0 unspecified atom stereocenters. The number of benzene rings is 1. The number of imide groups is 1. The van der Waals surface area contributed by atoms with E-state index < -0.39 is 0 Å². The van der Waals surface area contributed by atoms with E-state index in [9.17, 15) is 9.59 Å². The number of rotatable bonds is 2. The Bertz CT molecular complexity index is 456. The number of hydrogen-bond donors (Lipinski definition) is 1. The lowest BCUT2D eigenvalue weighted by Gasteiger charge is -2.14. The minimum Gasteiger partial charge on any atom is -0.288 e. The number of nitrogens with one attached hydrogen (secondary N) is 1. The molecule has 1 aliphatic rings. The van der Waals surface area contributed by atoms with E-state index >= 15 is 0 Å². The smallest absolute Gasteiger partial charge is 0.259 e. The van der Waals surface area contributed by atoms with E-state index in [2.05, 4.69) is 5.32 Å². The largest absolute Gasteiger partial charge is 0.288 e. The Kier molecular flexibility index (Phi) is 2.77. The molecule has 0 saturated heterocycles. The van der Waals surface area contributed by atoms with Crippen LogP contribution in [-0.2, 0) is 0 Å². The summed E-state index contributed by atoms with van der Waals surface area (Å²) in [7, 11) is 0. The van der Waals surface area contributed by atoms with Crippen LogP contribution in [0.1, 0.15) is 71.4 Å². The molecule has 3 heteroatoms. The summed E-state index contributed by atoms with van der Waals surface area (Å²) in [6, 6.07) is 3.94. The van der Waals surface area contributed by atoms with Gasteiger partial charge in [0.15, 0.2) is 0 Å². The molecule has 0 spiro atoms. The van der Waals surface area contributed by atoms with E-state index in [1.807, 2.05) is 39.8 Å². The molecule has 1 aromatic carbocycles. The number of fused-ring (bicyclic) bond motifs is 1. The fraction of sp³-hybridized carbons (Fsp3) is 0.429. The molecule has 1 heterocycles. The SMILES string of the molecule is CC(C)c1ccc(C(C)C)c2c1C(=O)NC2=O. The Balaban J connectivity index is 2.75. The Morgan fingerprint density at radius 1 is 0.824 bits per heavy atom. The van der Waals surface area contributed by atoms with Crippen molar-refractivity contribution in [2.45, 2.75) is 39.5 Å². The summed E-state index contributed by atoms with van der Waals surface area (Å²) in [6.07, 6.45) is 0. The molecule has 0 aromatic heterocycles. The van der Waals surface area contributed by atoms with Crippen LogP contribution in [0.4, 0.5) is 0 Å². The fourth-order valence-electron chi connectivity index (χ4n) is 2.31. The molecule has 1 aliphatic heterocycles. The van der Waals surface area contributed by atoms with Gasteiger partial charge in [-0.05, 0) is 23.0 Å². The van der Waals surface area contributed by atoms with Gasteiger partial charge in [0.05, 0.1) is 11.1 Å². The highest BCUT2D eigenvalue weighted by atomic mass is 16.2. The lowest BCUT2D eigenvalue weighted by molar-refractivity contribution is 0.0879. The van der Waals surface area contributed by atoms with Crippen LogP contribution in [0.2, 0.25) is 0 Å². The first-order valence-electron chi connectivity index (χ1n) is 5.96. The summed E-state index contributed by atoms with van der Waals surface area (Å²) in [4.78, 5) is 23.7. The van der Waals surface area contributed by atoms with Crippen LogP contribution in [0, 0.1) is 0 Å². The number of amides is 2. The van der Waals surface area contributed by atoms with Crippen LogP contribution in [0.25, 0.3) is 0 Å². The first-order chi connectivity index (χ1) is 7.93. The van der Waals surface area contributed by atoms with E-state index in [1.54, 1.807) is 0 Å². The van der Waals surface area contributed by atoms with Crippen LogP contribution >= 0.6 is 0 Å². The maximum Gasteiger partial charge on any atom is 0.259 e. The molecule has 17 heavy (non-hydrogen) atoms. The maximum absolute atomic E-state index is 11.8. The number of carbonyl (C=O) groups excluding carboxylic acids is 2. The van der Waals surface area contributed by atoms with Gasteiger partial charge in [-0.2, -0.15) is 0 Å². The summed E-state index contributed by atoms with van der Waals surface area (Å²) < 4.78 is 0. The van der Waals surface area contributed by atoms with Gasteiger partial charge in [0.2, 0.25) is 0 Å². The van der Waals surface area contributed by atoms with E-state index in [-0.39, 0.29) is 23.7 Å². The first-order valence-corrected chi connectivity index (χ1v) is 5.96. The average molecular weight is 231 g/mol. The Hall–Kier alpha value is -1.64. The van der Waals surface area contributed by atoms with Gasteiger partial charge in [0.1, 0.15) is 0 Å². The van der Waals surface area contributed by atoms with E-state index in [4.69, 9.17) is 0 Å². The predicted molar refractivity (Wildman–Crippen MR) is 66.4 cm³/mol. The van der Waals surface area contributed by atoms with Crippen LogP contribution in [-0.4, -0.2) is 11.8 Å². The lowest BCUT2D eigenvalue weighted by Crippen LogP contribution is -2.20. The number of carbonyl (C=O) groups is 2. The van der Waals surface area contributed by atoms with Crippen molar-refractivity contribution >= 4 is 11.8 Å². The molecule has 90 valence electrons. The third kappa shape index (κ3) is 1.75. The molecular formula is C14H17NO2. The highest BCUT2D eigenvalue weighted by molar-refractivity contribution is 6.23. The first kappa shape index (κ1) is 11.8. The highest BCUT2D eigenvalue weighted by Crippen LogP contribution is 2.32. The maximum atomic E-state index is 11.8. The standard InChI is InChI=1S/C14H17NO2/c1-7(2)9-5-6-10(8(3)4)12-11(9)13(16)15-14(12)17/h5-8H,1-4H3,(H,15,16,17). The molecule has 0 aliphatic carbocycles. The molecule has 0 saturated carbocycles. The molecule has 2 rings (SSSR count). The highest BCUT2D eigenvalue weighted by Gasteiger charge is 2.33. The zero-order chi connectivity index (χ0) is 12.7. The second-order valence-electron chi connectivity index (χ2n) is 5.09. The Morgan fingerprint density at radius 2 is 1.18 bits per heavy atom. The topological polar surface area (TPSA) is 46.2 Å². The zero-order valence-corrected chi connectivity index (χ0v) is 10.6. The zero-order valence-electron chi connectivity index (χ0n) is 10.6. The lowest BCUT2D eigenvalue weighted by atomic mass is 9.88. The summed E-state index contributed by atoms with van der Waals surface area (Å²) in [6.45, 7) is 8.11. The van der Waals surface area contributed by atoms with Crippen molar-refractivity contribution in [3.05, 3.63) is 34.4 Å². The van der Waals surface area contributed by atoms with Crippen LogP contribution in [0.3, 0.4) is 0 Å². The van der Waals surface area contributed by atoms with Crippen molar-refractivity contribution in [1.29, 1.82) is 0 Å². The molecular weight excluding hydrogens is 214 g/mol. The molecule has 2 amide bonds. The fourth-order valence-corrected chi connectivity index (χ4v) is 2.31. The second-order valence-corrected chi connectivity index (χ2v) is 5.09. The van der Waals surface area contributed by atoms with Gasteiger partial charge < -0.3 is 0 Å². The minimum atomic E-state index is -0.254. The summed E-state index contributed by atoms with van der Waals surface area (Å²) in [5.74, 6) is -0.0318. The van der Waals surface area contributed by atoms with Gasteiger partial charge >= 0.3 is 0 Å². The van der Waals surface area contributed by atoms with Gasteiger partial charge in [0.25, 0.3) is 11.8 Å². The van der Waals surface area contributed by atoms with Crippen LogP contribution in [0.5, 0.6) is 0 Å². The third-order valence-electron chi connectivity index (χ3n) is 3.20. The average Bonchev–Trinajstić information content (AvgIpc) is 2.54.